The number of benzene rings is 1. The second-order valence-corrected chi connectivity index (χ2v) is 7.88. The average molecular weight is 336 g/mol. The Morgan fingerprint density at radius 1 is 1.32 bits per heavy atom. The lowest BCUT2D eigenvalue weighted by molar-refractivity contribution is 0.0535. The van der Waals surface area contributed by atoms with Gasteiger partial charge >= 0.3 is 0 Å². The van der Waals surface area contributed by atoms with Gasteiger partial charge in [0, 0.05) is 32.1 Å². The third-order valence-electron chi connectivity index (χ3n) is 3.47. The summed E-state index contributed by atoms with van der Waals surface area (Å²) in [6.07, 6.45) is 0.186. The van der Waals surface area contributed by atoms with Gasteiger partial charge in [0.25, 0.3) is 0 Å². The van der Waals surface area contributed by atoms with E-state index in [-0.39, 0.29) is 12.3 Å². The van der Waals surface area contributed by atoms with Crippen molar-refractivity contribution in [2.24, 2.45) is 0 Å². The summed E-state index contributed by atoms with van der Waals surface area (Å²) in [6.45, 7) is 2.84. The van der Waals surface area contributed by atoms with Gasteiger partial charge in [-0.25, -0.2) is 0 Å². The first-order valence-electron chi connectivity index (χ1n) is 7.21. The minimum atomic E-state index is -0.0158. The summed E-state index contributed by atoms with van der Waals surface area (Å²) in [6, 6.07) is 8.48. The molecule has 118 valence electrons. The van der Waals surface area contributed by atoms with E-state index in [2.05, 4.69) is 44.7 Å². The summed E-state index contributed by atoms with van der Waals surface area (Å²) >= 11 is 3.35. The zero-order valence-electron chi connectivity index (χ0n) is 12.9. The maximum absolute atomic E-state index is 6.09. The van der Waals surface area contributed by atoms with Crippen molar-refractivity contribution in [2.45, 2.75) is 23.6 Å². The van der Waals surface area contributed by atoms with Gasteiger partial charge < -0.3 is 9.64 Å². The first-order chi connectivity index (χ1) is 10.6. The number of anilines is 1. The normalized spacial score (nSPS) is 21.2. The van der Waals surface area contributed by atoms with Crippen molar-refractivity contribution in [3.63, 3.8) is 0 Å². The minimum absolute atomic E-state index is 0.0158. The molecule has 2 aromatic rings. The summed E-state index contributed by atoms with van der Waals surface area (Å²) in [5.41, 5.74) is 2.37. The van der Waals surface area contributed by atoms with E-state index in [1.807, 2.05) is 21.0 Å². The van der Waals surface area contributed by atoms with Crippen LogP contribution in [0.5, 0.6) is 0 Å². The summed E-state index contributed by atoms with van der Waals surface area (Å²) in [5.74, 6) is 0.897. The van der Waals surface area contributed by atoms with E-state index in [0.717, 1.165) is 21.6 Å². The van der Waals surface area contributed by atoms with E-state index in [9.17, 15) is 0 Å². The van der Waals surface area contributed by atoms with Gasteiger partial charge in [-0.3, -0.25) is 5.32 Å². The van der Waals surface area contributed by atoms with Crippen LogP contribution < -0.4 is 10.2 Å². The van der Waals surface area contributed by atoms with Crippen molar-refractivity contribution in [1.82, 2.24) is 15.5 Å². The molecule has 1 saturated heterocycles. The Balaban J connectivity index is 1.53. The van der Waals surface area contributed by atoms with Crippen LogP contribution in [-0.2, 0) is 4.74 Å². The number of nitrogens with zero attached hydrogens (tertiary/aromatic N) is 3. The zero-order chi connectivity index (χ0) is 15.5. The number of thioether (sulfide) groups is 1. The van der Waals surface area contributed by atoms with Gasteiger partial charge in [-0.05, 0) is 24.6 Å². The van der Waals surface area contributed by atoms with E-state index in [1.54, 1.807) is 23.1 Å². The monoisotopic (exact) mass is 336 g/mol. The first-order valence-corrected chi connectivity index (χ1v) is 9.01. The molecule has 0 radical (unpaired) electrons. The number of hydrogen-bond donors (Lipinski definition) is 1. The van der Waals surface area contributed by atoms with E-state index >= 15 is 0 Å². The van der Waals surface area contributed by atoms with Gasteiger partial charge in [-0.15, -0.1) is 10.2 Å². The quantitative estimate of drug-likeness (QED) is 0.847. The fraction of sp³-hybridized carbons (Fsp3) is 0.467. The predicted octanol–water partition coefficient (Wildman–Crippen LogP) is 2.69. The van der Waals surface area contributed by atoms with Crippen LogP contribution in [0.3, 0.4) is 0 Å². The van der Waals surface area contributed by atoms with Gasteiger partial charge in [0.2, 0.25) is 0 Å². The molecule has 0 bridgehead atoms. The highest BCUT2D eigenvalue weighted by molar-refractivity contribution is 8.01. The van der Waals surface area contributed by atoms with Crippen LogP contribution in [0.15, 0.2) is 28.6 Å². The fourth-order valence-corrected chi connectivity index (χ4v) is 4.11. The molecule has 0 spiro atoms. The number of aryl methyl sites for hydroxylation is 1. The summed E-state index contributed by atoms with van der Waals surface area (Å²) in [7, 11) is 4.09. The van der Waals surface area contributed by atoms with Crippen LogP contribution in [0.1, 0.15) is 16.8 Å². The maximum atomic E-state index is 6.09. The Kier molecular flexibility index (Phi) is 4.97. The van der Waals surface area contributed by atoms with Crippen LogP contribution >= 0.6 is 23.1 Å². The van der Waals surface area contributed by atoms with E-state index in [0.29, 0.717) is 0 Å². The molecule has 1 aliphatic heterocycles. The smallest absolute Gasteiger partial charge is 0.174 e. The lowest BCUT2D eigenvalue weighted by Gasteiger charge is -2.16. The molecular formula is C15H20N4OS2. The molecule has 2 atom stereocenters. The maximum Gasteiger partial charge on any atom is 0.174 e. The van der Waals surface area contributed by atoms with Crippen LogP contribution in [0.4, 0.5) is 5.69 Å². The molecule has 22 heavy (non-hydrogen) atoms. The summed E-state index contributed by atoms with van der Waals surface area (Å²) in [5, 5.41) is 12.6. The van der Waals surface area contributed by atoms with Gasteiger partial charge in [0.15, 0.2) is 4.34 Å². The Hall–Kier alpha value is -1.15. The summed E-state index contributed by atoms with van der Waals surface area (Å²) < 4.78 is 7.10. The SMILES string of the molecule is Cc1nnc(SC[C@@H]2CN[C@@H](c3ccc(N(C)C)cc3)O2)s1. The zero-order valence-corrected chi connectivity index (χ0v) is 14.6. The van der Waals surface area contributed by atoms with Gasteiger partial charge in [-0.2, -0.15) is 0 Å². The number of hydrogen-bond acceptors (Lipinski definition) is 7. The Morgan fingerprint density at radius 3 is 2.73 bits per heavy atom. The highest BCUT2D eigenvalue weighted by Gasteiger charge is 2.26. The average Bonchev–Trinajstić information content (AvgIpc) is 3.14. The molecule has 1 aromatic carbocycles. The molecule has 0 saturated carbocycles. The van der Waals surface area contributed by atoms with Crippen LogP contribution in [0, 0.1) is 6.92 Å². The summed E-state index contributed by atoms with van der Waals surface area (Å²) in [4.78, 5) is 2.09. The lowest BCUT2D eigenvalue weighted by atomic mass is 10.2. The minimum Gasteiger partial charge on any atom is -0.378 e. The molecule has 3 rings (SSSR count). The molecule has 5 nitrogen and oxygen atoms in total. The number of aromatic nitrogens is 2. The standard InChI is InChI=1S/C15H20N4OS2/c1-10-17-18-15(22-10)21-9-13-8-16-14(20-13)11-4-6-12(7-5-11)19(2)3/h4-7,13-14,16H,8-9H2,1-3H3/t13-,14+/m0/s1. The molecule has 1 aromatic heterocycles. The number of nitrogens with one attached hydrogen (secondary N) is 1. The fourth-order valence-electron chi connectivity index (χ4n) is 2.27. The molecular weight excluding hydrogens is 316 g/mol. The van der Waals surface area contributed by atoms with Crippen molar-refractivity contribution >= 4 is 28.8 Å². The highest BCUT2D eigenvalue weighted by atomic mass is 32.2. The molecule has 0 aliphatic carbocycles. The van der Waals surface area contributed by atoms with Crippen molar-refractivity contribution in [2.75, 3.05) is 31.3 Å². The topological polar surface area (TPSA) is 50.3 Å². The van der Waals surface area contributed by atoms with Crippen molar-refractivity contribution in [3.8, 4) is 0 Å². The van der Waals surface area contributed by atoms with E-state index < -0.39 is 0 Å². The van der Waals surface area contributed by atoms with Gasteiger partial charge in [-0.1, -0.05) is 35.2 Å². The van der Waals surface area contributed by atoms with Crippen molar-refractivity contribution in [3.05, 3.63) is 34.8 Å². The number of rotatable bonds is 5. The third-order valence-corrected chi connectivity index (χ3v) is 5.58. The lowest BCUT2D eigenvalue weighted by Crippen LogP contribution is -2.16. The van der Waals surface area contributed by atoms with Crippen LogP contribution in [-0.4, -0.2) is 42.7 Å². The molecule has 1 aliphatic rings. The molecule has 0 unspecified atom stereocenters. The largest absolute Gasteiger partial charge is 0.378 e. The predicted molar refractivity (Wildman–Crippen MR) is 91.8 cm³/mol. The third kappa shape index (κ3) is 3.78. The first kappa shape index (κ1) is 15.7. The van der Waals surface area contributed by atoms with E-state index in [1.165, 1.54) is 11.3 Å². The molecule has 1 N–H and O–H groups in total. The van der Waals surface area contributed by atoms with Crippen LogP contribution in [0.2, 0.25) is 0 Å². The highest BCUT2D eigenvalue weighted by Crippen LogP contribution is 2.28. The van der Waals surface area contributed by atoms with Gasteiger partial charge in [0.1, 0.15) is 11.2 Å². The number of ether oxygens (including phenoxy) is 1. The molecule has 1 fully saturated rings. The molecule has 2 heterocycles. The van der Waals surface area contributed by atoms with Crippen LogP contribution in [0.25, 0.3) is 0 Å². The van der Waals surface area contributed by atoms with Gasteiger partial charge in [0.05, 0.1) is 6.10 Å². The second kappa shape index (κ2) is 6.95. The van der Waals surface area contributed by atoms with Crippen molar-refractivity contribution in [1.29, 1.82) is 0 Å². The van der Waals surface area contributed by atoms with Crippen molar-refractivity contribution < 1.29 is 4.74 Å². The van der Waals surface area contributed by atoms with E-state index in [4.69, 9.17) is 4.74 Å². The Morgan fingerprint density at radius 2 is 2.09 bits per heavy atom. The second-order valence-electron chi connectivity index (χ2n) is 5.43. The Labute approximate surface area is 139 Å². The Bertz CT molecular complexity index is 614. The molecule has 7 heteroatoms. The molecule has 0 amide bonds.